The zero-order chi connectivity index (χ0) is 31.6. The van der Waals surface area contributed by atoms with Gasteiger partial charge >= 0.3 is 6.09 Å². The molecule has 1 aromatic rings. The minimum Gasteiger partial charge on any atom is -0.477 e. The number of quaternary nitrogens is 1. The van der Waals surface area contributed by atoms with Crippen LogP contribution in [0.5, 0.6) is 11.5 Å². The van der Waals surface area contributed by atoms with Crippen molar-refractivity contribution in [1.29, 1.82) is 0 Å². The average Bonchev–Trinajstić information content (AvgIpc) is 3.68. The van der Waals surface area contributed by atoms with E-state index < -0.39 is 47.0 Å². The van der Waals surface area contributed by atoms with Crippen LogP contribution in [0, 0.1) is 5.92 Å². The van der Waals surface area contributed by atoms with Crippen molar-refractivity contribution in [3.63, 3.8) is 0 Å². The maximum atomic E-state index is 13.4. The number of amides is 4. The lowest BCUT2D eigenvalue weighted by Gasteiger charge is -2.64. The molecule has 4 amide bonds. The van der Waals surface area contributed by atoms with Crippen LogP contribution in [0.1, 0.15) is 56.6 Å². The van der Waals surface area contributed by atoms with Gasteiger partial charge < -0.3 is 40.3 Å². The summed E-state index contributed by atoms with van der Waals surface area (Å²) in [6.45, 7) is 3.20. The third-order valence-corrected chi connectivity index (χ3v) is 10.6. The third kappa shape index (κ3) is 4.80. The molecule has 238 valence electrons. The van der Waals surface area contributed by atoms with E-state index in [0.717, 1.165) is 28.7 Å². The molecule has 2 aliphatic heterocycles. The number of aliphatic hydroxyl groups is 1. The minimum atomic E-state index is -1.12. The van der Waals surface area contributed by atoms with Crippen molar-refractivity contribution >= 4 is 29.6 Å². The van der Waals surface area contributed by atoms with Gasteiger partial charge in [-0.05, 0) is 30.9 Å². The van der Waals surface area contributed by atoms with E-state index in [1.807, 2.05) is 6.07 Å². The Kier molecular flexibility index (Phi) is 7.39. The van der Waals surface area contributed by atoms with Crippen LogP contribution < -0.4 is 25.8 Å². The Bertz CT molecular complexity index is 1410. The fourth-order valence-electron chi connectivity index (χ4n) is 8.40. The summed E-state index contributed by atoms with van der Waals surface area (Å²) < 4.78 is 13.0. The molecule has 5 N–H and O–H groups in total. The number of nitrogens with zero attached hydrogens (tertiary/aromatic N) is 2. The Labute approximate surface area is 256 Å². The van der Waals surface area contributed by atoms with Crippen molar-refractivity contribution in [3.05, 3.63) is 23.3 Å². The number of likely N-dealkylation sites (N-methyl/N-ethyl adjacent to an activating group) is 2. The Balaban J connectivity index is 1.19. The standard InChI is InChI=1S/C31H41N5O8/c1-17(37)34-20(15-24(32)39)28(40)33-11-12-35(2)29(41)43-22-7-6-19-14-23-31(42)9-8-21(38)27-30(31,25(19)26(22)44-27)10-13-36(23,3)16-18-4-5-18/h6-7,18,20,23,27,42H,4-5,8-16H2,1-3H3,(H3-,32,33,34,37,39,40)/p+1/t20-,23+,27-,30-,31+,36?/m0/s1. The van der Waals surface area contributed by atoms with E-state index in [9.17, 15) is 29.1 Å². The Hall–Kier alpha value is -3.71. The third-order valence-electron chi connectivity index (χ3n) is 10.6. The molecule has 5 aliphatic rings. The van der Waals surface area contributed by atoms with Crippen molar-refractivity contribution < 1.29 is 43.0 Å². The average molecular weight is 613 g/mol. The second-order valence-corrected chi connectivity index (χ2v) is 13.6. The first-order valence-electron chi connectivity index (χ1n) is 15.5. The van der Waals surface area contributed by atoms with Gasteiger partial charge in [-0.1, -0.05) is 6.07 Å². The molecule has 1 spiro atoms. The number of hydrogen-bond donors (Lipinski definition) is 4. The molecular weight excluding hydrogens is 570 g/mol. The highest BCUT2D eigenvalue weighted by Gasteiger charge is 2.76. The van der Waals surface area contributed by atoms with Gasteiger partial charge in [-0.3, -0.25) is 19.2 Å². The van der Waals surface area contributed by atoms with Crippen LogP contribution in [0.25, 0.3) is 0 Å². The van der Waals surface area contributed by atoms with E-state index in [-0.39, 0.29) is 43.5 Å². The number of primary amides is 1. The quantitative estimate of drug-likeness (QED) is 0.265. The van der Waals surface area contributed by atoms with Crippen molar-refractivity contribution in [2.24, 2.45) is 11.7 Å². The van der Waals surface area contributed by atoms with E-state index in [1.165, 1.54) is 31.7 Å². The monoisotopic (exact) mass is 612 g/mol. The molecular formula is C31H42N5O8+. The van der Waals surface area contributed by atoms with Crippen LogP contribution in [0.15, 0.2) is 12.1 Å². The number of ether oxygens (including phenoxy) is 2. The molecule has 0 aromatic heterocycles. The van der Waals surface area contributed by atoms with Crippen LogP contribution in [-0.4, -0.2) is 108 Å². The molecule has 3 aliphatic carbocycles. The number of carbonyl (C=O) groups is 5. The molecule has 1 saturated heterocycles. The summed E-state index contributed by atoms with van der Waals surface area (Å²) in [6, 6.07) is 2.48. The number of Topliss-reactive ketones (excluding diaryl/α,β-unsaturated/α-hetero) is 1. The number of rotatable bonds is 10. The molecule has 0 radical (unpaired) electrons. The number of carbonyl (C=O) groups excluding carboxylic acids is 5. The Morgan fingerprint density at radius 1 is 1.25 bits per heavy atom. The summed E-state index contributed by atoms with van der Waals surface area (Å²) in [5, 5.41) is 17.6. The van der Waals surface area contributed by atoms with Crippen LogP contribution in [0.4, 0.5) is 4.79 Å². The lowest BCUT2D eigenvalue weighted by molar-refractivity contribution is -0.950. The van der Waals surface area contributed by atoms with Gasteiger partial charge in [0.1, 0.15) is 17.7 Å². The fourth-order valence-corrected chi connectivity index (χ4v) is 8.40. The van der Waals surface area contributed by atoms with Crippen molar-refractivity contribution in [3.8, 4) is 11.5 Å². The number of piperidine rings is 1. The lowest BCUT2D eigenvalue weighted by Crippen LogP contribution is -2.80. The summed E-state index contributed by atoms with van der Waals surface area (Å²) in [6.07, 6.45) is 2.51. The van der Waals surface area contributed by atoms with Gasteiger partial charge in [0.25, 0.3) is 0 Å². The predicted molar refractivity (Wildman–Crippen MR) is 156 cm³/mol. The molecule has 2 bridgehead atoms. The topological polar surface area (TPSA) is 177 Å². The molecule has 2 heterocycles. The van der Waals surface area contributed by atoms with Gasteiger partial charge in [0.05, 0.1) is 32.0 Å². The van der Waals surface area contributed by atoms with Crippen LogP contribution in [0.3, 0.4) is 0 Å². The van der Waals surface area contributed by atoms with E-state index in [0.29, 0.717) is 30.9 Å². The Morgan fingerprint density at radius 2 is 2.00 bits per heavy atom. The predicted octanol–water partition coefficient (Wildman–Crippen LogP) is -0.109. The molecule has 3 fully saturated rings. The molecule has 13 heteroatoms. The highest BCUT2D eigenvalue weighted by atomic mass is 16.6. The highest BCUT2D eigenvalue weighted by molar-refractivity contribution is 5.91. The summed E-state index contributed by atoms with van der Waals surface area (Å²) in [4.78, 5) is 62.9. The molecule has 6 atom stereocenters. The molecule has 1 aromatic carbocycles. The van der Waals surface area contributed by atoms with Crippen LogP contribution >= 0.6 is 0 Å². The number of ketones is 1. The number of nitrogens with two attached hydrogens (primary N) is 1. The Morgan fingerprint density at radius 3 is 2.68 bits per heavy atom. The van der Waals surface area contributed by atoms with E-state index >= 15 is 0 Å². The zero-order valence-electron chi connectivity index (χ0n) is 25.5. The van der Waals surface area contributed by atoms with Gasteiger partial charge in [0.2, 0.25) is 17.7 Å². The summed E-state index contributed by atoms with van der Waals surface area (Å²) in [5.74, 6) is -0.621. The van der Waals surface area contributed by atoms with Gasteiger partial charge in [0, 0.05) is 57.8 Å². The molecule has 2 saturated carbocycles. The van der Waals surface area contributed by atoms with Gasteiger partial charge in [-0.25, -0.2) is 4.79 Å². The van der Waals surface area contributed by atoms with Gasteiger partial charge in [-0.15, -0.1) is 0 Å². The van der Waals surface area contributed by atoms with E-state index in [1.54, 1.807) is 6.07 Å². The first kappa shape index (κ1) is 30.3. The zero-order valence-corrected chi connectivity index (χ0v) is 25.5. The normalized spacial score (nSPS) is 31.7. The van der Waals surface area contributed by atoms with Crippen molar-refractivity contribution in [2.75, 3.05) is 40.3 Å². The summed E-state index contributed by atoms with van der Waals surface area (Å²) in [7, 11) is 3.76. The SMILES string of the molecule is CC(=O)N[C@@H](CC(N)=O)C(=O)NCCN(C)C(=O)Oc1ccc2c3c1O[C@H]1C(=O)CC[C@@]4(O)[C@@H](C2)[N+](C)(CC2CC2)CC[C@]314. The van der Waals surface area contributed by atoms with Crippen LogP contribution in [0.2, 0.25) is 0 Å². The largest absolute Gasteiger partial charge is 0.477 e. The minimum absolute atomic E-state index is 0.0266. The maximum absolute atomic E-state index is 13.4. The smallest absolute Gasteiger partial charge is 0.415 e. The summed E-state index contributed by atoms with van der Waals surface area (Å²) >= 11 is 0. The molecule has 6 rings (SSSR count). The first-order chi connectivity index (χ1) is 20.8. The maximum Gasteiger partial charge on any atom is 0.415 e. The van der Waals surface area contributed by atoms with Crippen LogP contribution in [-0.2, 0) is 31.0 Å². The van der Waals surface area contributed by atoms with Crippen molar-refractivity contribution in [1.82, 2.24) is 15.5 Å². The summed E-state index contributed by atoms with van der Waals surface area (Å²) in [5.41, 5.74) is 5.06. The number of hydrogen-bond acceptors (Lipinski definition) is 8. The number of nitrogens with one attached hydrogen (secondary N) is 2. The molecule has 44 heavy (non-hydrogen) atoms. The fraction of sp³-hybridized carbons (Fsp3) is 0.645. The second-order valence-electron chi connectivity index (χ2n) is 13.6. The van der Waals surface area contributed by atoms with Gasteiger partial charge in [-0.2, -0.15) is 0 Å². The second kappa shape index (κ2) is 10.7. The van der Waals surface area contributed by atoms with Crippen molar-refractivity contribution in [2.45, 2.75) is 81.1 Å². The molecule has 13 nitrogen and oxygen atoms in total. The highest BCUT2D eigenvalue weighted by Crippen LogP contribution is 2.66. The van der Waals surface area contributed by atoms with E-state index in [2.05, 4.69) is 17.7 Å². The van der Waals surface area contributed by atoms with Gasteiger partial charge in [0.15, 0.2) is 23.4 Å². The number of likely N-dealkylation sites (tertiary alicyclic amines) is 1. The lowest BCUT2D eigenvalue weighted by atomic mass is 9.48. The molecule has 1 unspecified atom stereocenters. The number of benzene rings is 1. The first-order valence-corrected chi connectivity index (χ1v) is 15.5. The van der Waals surface area contributed by atoms with E-state index in [4.69, 9.17) is 15.2 Å².